The normalized spacial score (nSPS) is 20.1. The molecule has 0 unspecified atom stereocenters. The SMILES string of the molecule is CC(C)Oc1cncc(C(=O)NCC23CCCN2CCC3)c1. The Morgan fingerprint density at radius 3 is 2.77 bits per heavy atom. The van der Waals surface area contributed by atoms with Gasteiger partial charge in [-0.05, 0) is 58.7 Å². The molecule has 5 heteroatoms. The van der Waals surface area contributed by atoms with Gasteiger partial charge in [0.2, 0.25) is 0 Å². The molecule has 1 aromatic rings. The van der Waals surface area contributed by atoms with Crippen molar-refractivity contribution in [3.63, 3.8) is 0 Å². The minimum absolute atomic E-state index is 0.0603. The summed E-state index contributed by atoms with van der Waals surface area (Å²) in [7, 11) is 0. The molecule has 2 aliphatic rings. The van der Waals surface area contributed by atoms with Crippen LogP contribution in [0.3, 0.4) is 0 Å². The third kappa shape index (κ3) is 3.09. The second-order valence-corrected chi connectivity index (χ2v) is 6.68. The van der Waals surface area contributed by atoms with Crippen LogP contribution in [0.2, 0.25) is 0 Å². The summed E-state index contributed by atoms with van der Waals surface area (Å²) in [6.07, 6.45) is 8.20. The van der Waals surface area contributed by atoms with E-state index in [0.29, 0.717) is 11.3 Å². The molecular weight excluding hydrogens is 278 g/mol. The Morgan fingerprint density at radius 2 is 2.09 bits per heavy atom. The van der Waals surface area contributed by atoms with Gasteiger partial charge in [-0.3, -0.25) is 14.7 Å². The molecule has 3 heterocycles. The van der Waals surface area contributed by atoms with Crippen molar-refractivity contribution in [1.29, 1.82) is 0 Å². The maximum absolute atomic E-state index is 12.4. The van der Waals surface area contributed by atoms with Gasteiger partial charge < -0.3 is 10.1 Å². The van der Waals surface area contributed by atoms with E-state index in [4.69, 9.17) is 4.74 Å². The Hall–Kier alpha value is -1.62. The largest absolute Gasteiger partial charge is 0.489 e. The van der Waals surface area contributed by atoms with Crippen LogP contribution >= 0.6 is 0 Å². The minimum Gasteiger partial charge on any atom is -0.489 e. The van der Waals surface area contributed by atoms with Crippen molar-refractivity contribution in [2.24, 2.45) is 0 Å². The van der Waals surface area contributed by atoms with Crippen molar-refractivity contribution in [3.05, 3.63) is 24.0 Å². The Balaban J connectivity index is 1.62. The van der Waals surface area contributed by atoms with Gasteiger partial charge in [0.05, 0.1) is 17.9 Å². The van der Waals surface area contributed by atoms with Crippen LogP contribution in [0.5, 0.6) is 5.75 Å². The number of nitrogens with one attached hydrogen (secondary N) is 1. The van der Waals surface area contributed by atoms with E-state index >= 15 is 0 Å². The van der Waals surface area contributed by atoms with Crippen molar-refractivity contribution < 1.29 is 9.53 Å². The van der Waals surface area contributed by atoms with Gasteiger partial charge in [0.1, 0.15) is 5.75 Å². The lowest BCUT2D eigenvalue weighted by Crippen LogP contribution is -2.48. The average Bonchev–Trinajstić information content (AvgIpc) is 3.04. The molecule has 0 aliphatic carbocycles. The highest BCUT2D eigenvalue weighted by atomic mass is 16.5. The van der Waals surface area contributed by atoms with E-state index < -0.39 is 0 Å². The maximum Gasteiger partial charge on any atom is 0.253 e. The molecule has 2 saturated heterocycles. The zero-order valence-corrected chi connectivity index (χ0v) is 13.5. The van der Waals surface area contributed by atoms with Gasteiger partial charge in [-0.25, -0.2) is 0 Å². The number of amides is 1. The Morgan fingerprint density at radius 1 is 1.36 bits per heavy atom. The van der Waals surface area contributed by atoms with E-state index in [1.807, 2.05) is 13.8 Å². The fourth-order valence-corrected chi connectivity index (χ4v) is 3.74. The van der Waals surface area contributed by atoms with Crippen LogP contribution < -0.4 is 10.1 Å². The molecule has 0 saturated carbocycles. The molecule has 0 radical (unpaired) electrons. The van der Waals surface area contributed by atoms with Crippen LogP contribution in [-0.2, 0) is 0 Å². The highest BCUT2D eigenvalue weighted by molar-refractivity contribution is 5.94. The van der Waals surface area contributed by atoms with Gasteiger partial charge in [0.15, 0.2) is 0 Å². The predicted molar refractivity (Wildman–Crippen MR) is 85.1 cm³/mol. The van der Waals surface area contributed by atoms with E-state index in [-0.39, 0.29) is 17.6 Å². The van der Waals surface area contributed by atoms with Crippen molar-refractivity contribution >= 4 is 5.91 Å². The lowest BCUT2D eigenvalue weighted by Gasteiger charge is -2.32. The molecule has 5 nitrogen and oxygen atoms in total. The van der Waals surface area contributed by atoms with Crippen LogP contribution in [0, 0.1) is 0 Å². The summed E-state index contributed by atoms with van der Waals surface area (Å²) in [4.78, 5) is 19.1. The molecule has 1 amide bonds. The van der Waals surface area contributed by atoms with E-state index in [1.54, 1.807) is 18.5 Å². The average molecular weight is 303 g/mol. The minimum atomic E-state index is -0.0603. The zero-order valence-electron chi connectivity index (χ0n) is 13.5. The first-order chi connectivity index (χ1) is 10.6. The molecule has 22 heavy (non-hydrogen) atoms. The summed E-state index contributed by atoms with van der Waals surface area (Å²) in [5.74, 6) is 0.582. The number of carbonyl (C=O) groups excluding carboxylic acids is 1. The molecule has 0 atom stereocenters. The molecule has 0 spiro atoms. The number of hydrogen-bond acceptors (Lipinski definition) is 4. The first-order valence-electron chi connectivity index (χ1n) is 8.24. The molecule has 0 aromatic carbocycles. The first-order valence-corrected chi connectivity index (χ1v) is 8.24. The topological polar surface area (TPSA) is 54.5 Å². The monoisotopic (exact) mass is 303 g/mol. The number of rotatable bonds is 5. The van der Waals surface area contributed by atoms with Crippen molar-refractivity contribution in [2.75, 3.05) is 19.6 Å². The Kier molecular flexibility index (Phi) is 4.34. The number of nitrogens with zero attached hydrogens (tertiary/aromatic N) is 2. The van der Waals surface area contributed by atoms with E-state index in [2.05, 4.69) is 15.2 Å². The van der Waals surface area contributed by atoms with Crippen LogP contribution in [0.1, 0.15) is 49.9 Å². The number of fused-ring (bicyclic) bond motifs is 1. The molecule has 1 aromatic heterocycles. The predicted octanol–water partition coefficient (Wildman–Crippen LogP) is 2.23. The van der Waals surface area contributed by atoms with Crippen LogP contribution in [0.4, 0.5) is 0 Å². The second-order valence-electron chi connectivity index (χ2n) is 6.68. The first kappa shape index (κ1) is 15.3. The quantitative estimate of drug-likeness (QED) is 0.906. The van der Waals surface area contributed by atoms with Crippen LogP contribution in [0.15, 0.2) is 18.5 Å². The third-order valence-corrected chi connectivity index (χ3v) is 4.74. The smallest absolute Gasteiger partial charge is 0.253 e. The molecular formula is C17H25N3O2. The van der Waals surface area contributed by atoms with Crippen molar-refractivity contribution in [1.82, 2.24) is 15.2 Å². The zero-order chi connectivity index (χ0) is 15.6. The number of ether oxygens (including phenoxy) is 1. The maximum atomic E-state index is 12.4. The summed E-state index contributed by atoms with van der Waals surface area (Å²) in [5, 5.41) is 3.11. The molecule has 2 aliphatic heterocycles. The fraction of sp³-hybridized carbons (Fsp3) is 0.647. The highest BCUT2D eigenvalue weighted by Crippen LogP contribution is 2.38. The summed E-state index contributed by atoms with van der Waals surface area (Å²) in [6.45, 7) is 7.01. The molecule has 120 valence electrons. The molecule has 3 rings (SSSR count). The second kappa shape index (κ2) is 6.24. The van der Waals surface area contributed by atoms with E-state index in [0.717, 1.165) is 6.54 Å². The molecule has 2 fully saturated rings. The summed E-state index contributed by atoms with van der Waals surface area (Å²) in [6, 6.07) is 1.76. The van der Waals surface area contributed by atoms with Crippen molar-refractivity contribution in [2.45, 2.75) is 51.2 Å². The summed E-state index contributed by atoms with van der Waals surface area (Å²) in [5.41, 5.74) is 0.770. The lowest BCUT2D eigenvalue weighted by molar-refractivity contribution is 0.0918. The number of hydrogen-bond donors (Lipinski definition) is 1. The summed E-state index contributed by atoms with van der Waals surface area (Å²) < 4.78 is 5.60. The number of aromatic nitrogens is 1. The number of carbonyl (C=O) groups is 1. The molecule has 1 N–H and O–H groups in total. The third-order valence-electron chi connectivity index (χ3n) is 4.74. The van der Waals surface area contributed by atoms with E-state index in [1.165, 1.54) is 38.8 Å². The van der Waals surface area contributed by atoms with Gasteiger partial charge in [-0.2, -0.15) is 0 Å². The van der Waals surface area contributed by atoms with Crippen molar-refractivity contribution in [3.8, 4) is 5.75 Å². The number of pyridine rings is 1. The van der Waals surface area contributed by atoms with Gasteiger partial charge in [0.25, 0.3) is 5.91 Å². The van der Waals surface area contributed by atoms with Gasteiger partial charge in [0, 0.05) is 18.3 Å². The lowest BCUT2D eigenvalue weighted by atomic mass is 9.94. The standard InChI is InChI=1S/C17H25N3O2/c1-13(2)22-15-9-14(10-18-11-15)16(21)19-12-17-5-3-7-20(17)8-4-6-17/h9-11,13H,3-8,12H2,1-2H3,(H,19,21). The van der Waals surface area contributed by atoms with Crippen LogP contribution in [-0.4, -0.2) is 47.1 Å². The highest BCUT2D eigenvalue weighted by Gasteiger charge is 2.44. The Labute approximate surface area is 132 Å². The summed E-state index contributed by atoms with van der Waals surface area (Å²) >= 11 is 0. The Bertz CT molecular complexity index is 534. The van der Waals surface area contributed by atoms with Gasteiger partial charge in [-0.1, -0.05) is 0 Å². The van der Waals surface area contributed by atoms with Gasteiger partial charge in [-0.15, -0.1) is 0 Å². The van der Waals surface area contributed by atoms with E-state index in [9.17, 15) is 4.79 Å². The van der Waals surface area contributed by atoms with Crippen LogP contribution in [0.25, 0.3) is 0 Å². The molecule has 0 bridgehead atoms. The van der Waals surface area contributed by atoms with Gasteiger partial charge >= 0.3 is 0 Å². The fourth-order valence-electron chi connectivity index (χ4n) is 3.74.